The van der Waals surface area contributed by atoms with Crippen molar-refractivity contribution in [3.63, 3.8) is 0 Å². The Kier molecular flexibility index (Phi) is 4.58. The molecule has 0 aliphatic carbocycles. The van der Waals surface area contributed by atoms with Crippen molar-refractivity contribution in [1.29, 1.82) is 0 Å². The van der Waals surface area contributed by atoms with Gasteiger partial charge in [0.05, 0.1) is 6.04 Å². The van der Waals surface area contributed by atoms with Crippen LogP contribution in [-0.2, 0) is 22.4 Å². The molecule has 4 rings (SSSR count). The van der Waals surface area contributed by atoms with E-state index in [1.165, 1.54) is 6.07 Å². The van der Waals surface area contributed by atoms with Crippen LogP contribution < -0.4 is 15.8 Å². The minimum Gasteiger partial charge on any atom is -0.504 e. The number of nitrogens with one attached hydrogen (secondary N) is 1. The Morgan fingerprint density at radius 3 is 2.48 bits per heavy atom. The lowest BCUT2D eigenvalue weighted by atomic mass is 10.0. The summed E-state index contributed by atoms with van der Waals surface area (Å²) in [7, 11) is 0. The van der Waals surface area contributed by atoms with Gasteiger partial charge in [0.15, 0.2) is 11.5 Å². The second kappa shape index (κ2) is 6.82. The zero-order valence-corrected chi connectivity index (χ0v) is 13.3. The highest BCUT2D eigenvalue weighted by Crippen LogP contribution is 2.32. The SMILES string of the molecule is N[C@@H]1Cc2ccc(cc2)Oc2cc(ccc2O)C[C@H](C(=O)O)NC1=O. The second-order valence-electron chi connectivity index (χ2n) is 5.96. The molecule has 2 aliphatic rings. The number of fused-ring (bicyclic) bond motifs is 7. The number of carbonyl (C=O) groups is 2. The topological polar surface area (TPSA) is 122 Å². The van der Waals surface area contributed by atoms with Crippen LogP contribution in [-0.4, -0.2) is 34.2 Å². The maximum atomic E-state index is 12.2. The van der Waals surface area contributed by atoms with Crippen LogP contribution in [0, 0.1) is 0 Å². The third-order valence-electron chi connectivity index (χ3n) is 4.02. The van der Waals surface area contributed by atoms with Crippen LogP contribution in [0.5, 0.6) is 17.2 Å². The molecule has 0 unspecified atom stereocenters. The first kappa shape index (κ1) is 16.8. The minimum absolute atomic E-state index is 0.0437. The zero-order valence-electron chi connectivity index (χ0n) is 13.3. The van der Waals surface area contributed by atoms with E-state index in [-0.39, 0.29) is 24.3 Å². The summed E-state index contributed by atoms with van der Waals surface area (Å²) in [4.78, 5) is 23.7. The molecule has 7 heteroatoms. The number of nitrogens with two attached hydrogens (primary N) is 1. The van der Waals surface area contributed by atoms with E-state index in [9.17, 15) is 19.8 Å². The smallest absolute Gasteiger partial charge is 0.326 e. The number of benzene rings is 2. The van der Waals surface area contributed by atoms with E-state index in [1.807, 2.05) is 0 Å². The molecular formula is C18H18N2O5. The van der Waals surface area contributed by atoms with Crippen LogP contribution in [0.15, 0.2) is 42.5 Å². The molecule has 25 heavy (non-hydrogen) atoms. The monoisotopic (exact) mass is 342 g/mol. The number of hydrogen-bond acceptors (Lipinski definition) is 5. The van der Waals surface area contributed by atoms with Gasteiger partial charge >= 0.3 is 5.97 Å². The average Bonchev–Trinajstić information content (AvgIpc) is 2.58. The van der Waals surface area contributed by atoms with Crippen molar-refractivity contribution in [2.24, 2.45) is 5.73 Å². The van der Waals surface area contributed by atoms with Gasteiger partial charge in [-0.1, -0.05) is 18.2 Å². The highest BCUT2D eigenvalue weighted by Gasteiger charge is 2.24. The first-order chi connectivity index (χ1) is 11.9. The van der Waals surface area contributed by atoms with Crippen LogP contribution in [0.1, 0.15) is 11.1 Å². The number of carbonyl (C=O) groups excluding carboxylic acids is 1. The van der Waals surface area contributed by atoms with Crippen molar-refractivity contribution in [2.45, 2.75) is 24.9 Å². The summed E-state index contributed by atoms with van der Waals surface area (Å²) in [6.45, 7) is 0. The summed E-state index contributed by atoms with van der Waals surface area (Å²) in [6, 6.07) is 9.56. The summed E-state index contributed by atoms with van der Waals surface area (Å²) < 4.78 is 5.67. The fraction of sp³-hybridized carbons (Fsp3) is 0.222. The number of carboxylic acids is 1. The van der Waals surface area contributed by atoms with Gasteiger partial charge in [0, 0.05) is 6.42 Å². The van der Waals surface area contributed by atoms with Crippen molar-refractivity contribution in [3.05, 3.63) is 53.6 Å². The maximum Gasteiger partial charge on any atom is 0.326 e. The highest BCUT2D eigenvalue weighted by atomic mass is 16.5. The molecule has 0 spiro atoms. The van der Waals surface area contributed by atoms with Crippen molar-refractivity contribution in [3.8, 4) is 17.2 Å². The van der Waals surface area contributed by atoms with E-state index < -0.39 is 24.0 Å². The Morgan fingerprint density at radius 1 is 1.12 bits per heavy atom. The molecule has 5 N–H and O–H groups in total. The maximum absolute atomic E-state index is 12.2. The Bertz CT molecular complexity index is 804. The standard InChI is InChI=1S/C18H18N2O5/c19-13-7-10-1-4-12(5-2-10)25-16-9-11(3-6-15(16)21)8-14(18(23)24)20-17(13)22/h1-6,9,13-14,21H,7-8,19H2,(H,20,22)(H,23,24)/t13-,14-/m1/s1. The molecule has 0 radical (unpaired) electrons. The molecule has 7 nitrogen and oxygen atoms in total. The Labute approximate surface area is 144 Å². The van der Waals surface area contributed by atoms with E-state index in [0.717, 1.165) is 5.56 Å². The molecule has 130 valence electrons. The molecule has 2 aliphatic heterocycles. The van der Waals surface area contributed by atoms with Crippen LogP contribution in [0.4, 0.5) is 0 Å². The molecule has 2 aromatic carbocycles. The van der Waals surface area contributed by atoms with Gasteiger partial charge in [0.2, 0.25) is 5.91 Å². The summed E-state index contributed by atoms with van der Waals surface area (Å²) in [5, 5.41) is 21.8. The molecule has 0 aromatic heterocycles. The molecule has 1 amide bonds. The van der Waals surface area contributed by atoms with Crippen molar-refractivity contribution < 1.29 is 24.5 Å². The van der Waals surface area contributed by atoms with Gasteiger partial charge in [-0.05, 0) is 41.8 Å². The number of phenolic OH excluding ortho intramolecular Hbond substituents is 1. The first-order valence-electron chi connectivity index (χ1n) is 7.80. The largest absolute Gasteiger partial charge is 0.504 e. The molecule has 4 bridgehead atoms. The lowest BCUT2D eigenvalue weighted by molar-refractivity contribution is -0.141. The van der Waals surface area contributed by atoms with Crippen LogP contribution in [0.2, 0.25) is 0 Å². The molecule has 0 saturated heterocycles. The van der Waals surface area contributed by atoms with E-state index in [0.29, 0.717) is 11.3 Å². The fourth-order valence-corrected chi connectivity index (χ4v) is 2.65. The lowest BCUT2D eigenvalue weighted by Crippen LogP contribution is -2.50. The number of hydrogen-bond donors (Lipinski definition) is 4. The first-order valence-corrected chi connectivity index (χ1v) is 7.80. The number of aromatic hydroxyl groups is 1. The Morgan fingerprint density at radius 2 is 1.80 bits per heavy atom. The van der Waals surface area contributed by atoms with Gasteiger partial charge in [-0.15, -0.1) is 0 Å². The van der Waals surface area contributed by atoms with Crippen LogP contribution in [0.25, 0.3) is 0 Å². The number of carboxylic acid groups (broad SMARTS) is 1. The lowest BCUT2D eigenvalue weighted by Gasteiger charge is -2.19. The molecule has 2 atom stereocenters. The number of aliphatic carboxylic acids is 1. The molecule has 0 fully saturated rings. The zero-order chi connectivity index (χ0) is 18.0. The van der Waals surface area contributed by atoms with E-state index >= 15 is 0 Å². The average molecular weight is 342 g/mol. The van der Waals surface area contributed by atoms with Crippen molar-refractivity contribution in [2.75, 3.05) is 0 Å². The van der Waals surface area contributed by atoms with Gasteiger partial charge in [0.1, 0.15) is 11.8 Å². The van der Waals surface area contributed by atoms with Crippen LogP contribution >= 0.6 is 0 Å². The third kappa shape index (κ3) is 3.89. The van der Waals surface area contributed by atoms with Gasteiger partial charge in [0.25, 0.3) is 0 Å². The van der Waals surface area contributed by atoms with Gasteiger partial charge in [-0.3, -0.25) is 4.79 Å². The van der Waals surface area contributed by atoms with E-state index in [4.69, 9.17) is 10.5 Å². The van der Waals surface area contributed by atoms with Crippen LogP contribution in [0.3, 0.4) is 0 Å². The number of amides is 1. The number of rotatable bonds is 1. The number of phenols is 1. The number of ether oxygens (including phenoxy) is 1. The molecule has 2 heterocycles. The van der Waals surface area contributed by atoms with Crippen molar-refractivity contribution >= 4 is 11.9 Å². The Hall–Kier alpha value is -3.06. The van der Waals surface area contributed by atoms with Gasteiger partial charge in [-0.25, -0.2) is 4.79 Å². The van der Waals surface area contributed by atoms with E-state index in [1.54, 1.807) is 36.4 Å². The minimum atomic E-state index is -1.16. The second-order valence-corrected chi connectivity index (χ2v) is 5.96. The molecule has 0 saturated carbocycles. The fourth-order valence-electron chi connectivity index (χ4n) is 2.65. The predicted octanol–water partition coefficient (Wildman–Crippen LogP) is 1.18. The quantitative estimate of drug-likeness (QED) is 0.617. The summed E-state index contributed by atoms with van der Waals surface area (Å²) in [5.41, 5.74) is 7.31. The Balaban J connectivity index is 2.02. The van der Waals surface area contributed by atoms with Gasteiger partial charge < -0.3 is 26.0 Å². The van der Waals surface area contributed by atoms with Crippen molar-refractivity contribution in [1.82, 2.24) is 5.32 Å². The molecular weight excluding hydrogens is 324 g/mol. The molecule has 2 aromatic rings. The summed E-state index contributed by atoms with van der Waals surface area (Å²) in [6.07, 6.45) is 0.316. The van der Waals surface area contributed by atoms with Gasteiger partial charge in [-0.2, -0.15) is 0 Å². The summed E-state index contributed by atoms with van der Waals surface area (Å²) >= 11 is 0. The summed E-state index contributed by atoms with van der Waals surface area (Å²) in [5.74, 6) is -1.01. The highest BCUT2D eigenvalue weighted by molar-refractivity contribution is 5.87. The van der Waals surface area contributed by atoms with E-state index in [2.05, 4.69) is 5.32 Å². The predicted molar refractivity (Wildman–Crippen MR) is 89.6 cm³/mol. The normalized spacial score (nSPS) is 20.3. The third-order valence-corrected chi connectivity index (χ3v) is 4.02.